The van der Waals surface area contributed by atoms with Gasteiger partial charge in [0.2, 0.25) is 0 Å². The molecule has 0 radical (unpaired) electrons. The maximum absolute atomic E-state index is 12.0. The minimum atomic E-state index is -1.53. The first-order valence-electron chi connectivity index (χ1n) is 6.42. The first-order valence-corrected chi connectivity index (χ1v) is 7.30. The van der Waals surface area contributed by atoms with Crippen LogP contribution in [0.1, 0.15) is 27.7 Å². The lowest BCUT2D eigenvalue weighted by atomic mass is 9.93. The average molecular weight is 325 g/mol. The van der Waals surface area contributed by atoms with Gasteiger partial charge >= 0.3 is 0 Å². The van der Waals surface area contributed by atoms with E-state index in [2.05, 4.69) is 0 Å². The predicted octanol–water partition coefficient (Wildman–Crippen LogP) is 0.875. The van der Waals surface area contributed by atoms with Crippen LogP contribution >= 0.6 is 23.2 Å². The monoisotopic (exact) mass is 324 g/mol. The Morgan fingerprint density at radius 1 is 0.700 bits per heavy atom. The molecule has 0 aromatic rings. The van der Waals surface area contributed by atoms with Crippen molar-refractivity contribution in [3.05, 3.63) is 0 Å². The Morgan fingerprint density at radius 3 is 1.15 bits per heavy atom. The summed E-state index contributed by atoms with van der Waals surface area (Å²) >= 11 is 11.6. The molecule has 0 aliphatic carbocycles. The van der Waals surface area contributed by atoms with E-state index in [1.54, 1.807) is 27.7 Å². The zero-order valence-electron chi connectivity index (χ0n) is 12.1. The first kappa shape index (κ1) is 19.5. The minimum Gasteiger partial charge on any atom is -0.321 e. The van der Waals surface area contributed by atoms with Gasteiger partial charge in [-0.05, 0) is 11.8 Å². The third-order valence-electron chi connectivity index (χ3n) is 3.09. The van der Waals surface area contributed by atoms with Crippen LogP contribution in [0.15, 0.2) is 0 Å². The van der Waals surface area contributed by atoms with Crippen LogP contribution in [0.3, 0.4) is 0 Å². The van der Waals surface area contributed by atoms with E-state index in [0.717, 1.165) is 0 Å². The molecule has 0 fully saturated rings. The van der Waals surface area contributed by atoms with E-state index < -0.39 is 40.2 Å². The summed E-state index contributed by atoms with van der Waals surface area (Å²) in [6, 6.07) is -1.75. The topological polar surface area (TPSA) is 103 Å². The molecule has 4 atom stereocenters. The van der Waals surface area contributed by atoms with Gasteiger partial charge in [-0.1, -0.05) is 27.7 Å². The van der Waals surface area contributed by atoms with Crippen LogP contribution in [0.25, 0.3) is 0 Å². The van der Waals surface area contributed by atoms with Gasteiger partial charge in [-0.3, -0.25) is 14.4 Å². The number of Topliss-reactive ketones (excluding diaryl/α,β-unsaturated/α-hetero) is 3. The summed E-state index contributed by atoms with van der Waals surface area (Å²) in [4.78, 5) is 35.7. The van der Waals surface area contributed by atoms with Gasteiger partial charge in [0.15, 0.2) is 28.1 Å². The zero-order chi connectivity index (χ0) is 16.2. The third-order valence-corrected chi connectivity index (χ3v) is 3.95. The van der Waals surface area contributed by atoms with Crippen molar-refractivity contribution in [2.75, 3.05) is 0 Å². The van der Waals surface area contributed by atoms with Crippen LogP contribution in [-0.4, -0.2) is 40.2 Å². The number of hydrogen-bond acceptors (Lipinski definition) is 5. The summed E-state index contributed by atoms with van der Waals surface area (Å²) < 4.78 is 0. The molecule has 20 heavy (non-hydrogen) atoms. The van der Waals surface area contributed by atoms with Crippen molar-refractivity contribution in [3.63, 3.8) is 0 Å². The Bertz CT molecular complexity index is 352. The highest BCUT2D eigenvalue weighted by molar-refractivity contribution is 6.52. The quantitative estimate of drug-likeness (QED) is 0.509. The fourth-order valence-corrected chi connectivity index (χ4v) is 2.01. The van der Waals surface area contributed by atoms with Crippen molar-refractivity contribution in [2.45, 2.75) is 50.5 Å². The van der Waals surface area contributed by atoms with Gasteiger partial charge in [0.05, 0.1) is 12.1 Å². The van der Waals surface area contributed by atoms with E-state index in [-0.39, 0.29) is 11.8 Å². The highest BCUT2D eigenvalue weighted by atomic mass is 35.5. The summed E-state index contributed by atoms with van der Waals surface area (Å²) in [5.41, 5.74) is 11.3. The Kier molecular flexibility index (Phi) is 7.88. The number of hydrogen-bond donors (Lipinski definition) is 2. The molecule has 0 aliphatic rings. The second kappa shape index (κ2) is 8.08. The zero-order valence-corrected chi connectivity index (χ0v) is 13.6. The molecule has 0 amide bonds. The van der Waals surface area contributed by atoms with Gasteiger partial charge in [-0.15, -0.1) is 23.2 Å². The van der Waals surface area contributed by atoms with Gasteiger partial charge < -0.3 is 11.5 Å². The Labute approximate surface area is 129 Å². The van der Waals surface area contributed by atoms with Crippen LogP contribution in [-0.2, 0) is 14.4 Å². The van der Waals surface area contributed by atoms with E-state index >= 15 is 0 Å². The van der Waals surface area contributed by atoms with Gasteiger partial charge in [-0.2, -0.15) is 0 Å². The Balaban J connectivity index is 4.90. The third kappa shape index (κ3) is 4.81. The van der Waals surface area contributed by atoms with E-state index in [0.29, 0.717) is 0 Å². The predicted molar refractivity (Wildman–Crippen MR) is 79.9 cm³/mol. The molecule has 0 aromatic carbocycles. The molecule has 0 saturated heterocycles. The SMILES string of the molecule is CC(C)[C@H](N)C(=O)C(Cl)C(=O)C(Cl)C(=O)[C@@H](N)C(C)C. The van der Waals surface area contributed by atoms with Crippen LogP contribution in [0.5, 0.6) is 0 Å². The van der Waals surface area contributed by atoms with Crippen molar-refractivity contribution in [1.82, 2.24) is 0 Å². The van der Waals surface area contributed by atoms with E-state index in [1.807, 2.05) is 0 Å². The molecule has 7 heteroatoms. The van der Waals surface area contributed by atoms with E-state index in [1.165, 1.54) is 0 Å². The Morgan fingerprint density at radius 2 is 0.950 bits per heavy atom. The minimum absolute atomic E-state index is 0.168. The average Bonchev–Trinajstić information content (AvgIpc) is 2.40. The standard InChI is InChI=1S/C13H22Cl2N2O3/c1-5(2)9(16)12(19)7(14)11(18)8(15)13(20)10(17)6(3)4/h5-10H,16-17H2,1-4H3/t7?,8?,9-,10-/m0/s1. The van der Waals surface area contributed by atoms with Gasteiger partial charge in [0, 0.05) is 0 Å². The lowest BCUT2D eigenvalue weighted by molar-refractivity contribution is -0.130. The molecular formula is C13H22Cl2N2O3. The molecule has 0 bridgehead atoms. The summed E-state index contributed by atoms with van der Waals surface area (Å²) in [6.45, 7) is 6.92. The molecular weight excluding hydrogens is 303 g/mol. The molecule has 116 valence electrons. The fourth-order valence-electron chi connectivity index (χ4n) is 1.40. The van der Waals surface area contributed by atoms with Crippen LogP contribution < -0.4 is 11.5 Å². The summed E-state index contributed by atoms with van der Waals surface area (Å²) in [5.74, 6) is -2.47. The maximum atomic E-state index is 12.0. The number of nitrogens with two attached hydrogens (primary N) is 2. The second-order valence-electron chi connectivity index (χ2n) is 5.47. The molecule has 2 unspecified atom stereocenters. The van der Waals surface area contributed by atoms with Crippen molar-refractivity contribution in [1.29, 1.82) is 0 Å². The van der Waals surface area contributed by atoms with Gasteiger partial charge in [0.25, 0.3) is 0 Å². The summed E-state index contributed by atoms with van der Waals surface area (Å²) in [5, 5.41) is -3.06. The molecule has 4 N–H and O–H groups in total. The van der Waals surface area contributed by atoms with Crippen LogP contribution in [0, 0.1) is 11.8 Å². The fraction of sp³-hybridized carbons (Fsp3) is 0.769. The van der Waals surface area contributed by atoms with E-state index in [9.17, 15) is 14.4 Å². The molecule has 0 spiro atoms. The van der Waals surface area contributed by atoms with Crippen molar-refractivity contribution in [2.24, 2.45) is 23.3 Å². The highest BCUT2D eigenvalue weighted by Gasteiger charge is 2.38. The van der Waals surface area contributed by atoms with E-state index in [4.69, 9.17) is 34.7 Å². The number of ketones is 3. The number of carbonyl (C=O) groups is 3. The second-order valence-corrected chi connectivity index (χ2v) is 6.34. The maximum Gasteiger partial charge on any atom is 0.183 e. The normalized spacial score (nSPS) is 17.7. The summed E-state index contributed by atoms with van der Waals surface area (Å²) in [6.07, 6.45) is 0. The summed E-state index contributed by atoms with van der Waals surface area (Å²) in [7, 11) is 0. The van der Waals surface area contributed by atoms with Crippen molar-refractivity contribution in [3.8, 4) is 0 Å². The van der Waals surface area contributed by atoms with Gasteiger partial charge in [-0.25, -0.2) is 0 Å². The number of alkyl halides is 2. The van der Waals surface area contributed by atoms with Gasteiger partial charge in [0.1, 0.15) is 0 Å². The smallest absolute Gasteiger partial charge is 0.183 e. The number of carbonyl (C=O) groups excluding carboxylic acids is 3. The largest absolute Gasteiger partial charge is 0.321 e. The molecule has 0 aliphatic heterocycles. The number of rotatable bonds is 8. The molecule has 0 rings (SSSR count). The van der Waals surface area contributed by atoms with Crippen LogP contribution in [0.4, 0.5) is 0 Å². The molecule has 0 saturated carbocycles. The Hall–Kier alpha value is -0.490. The van der Waals surface area contributed by atoms with Crippen molar-refractivity contribution < 1.29 is 14.4 Å². The lowest BCUT2D eigenvalue weighted by Crippen LogP contribution is -2.49. The highest BCUT2D eigenvalue weighted by Crippen LogP contribution is 2.15. The van der Waals surface area contributed by atoms with Crippen molar-refractivity contribution >= 4 is 40.6 Å². The number of halogens is 2. The molecule has 0 aromatic heterocycles. The first-order chi connectivity index (χ1) is 9.02. The van der Waals surface area contributed by atoms with Crippen LogP contribution in [0.2, 0.25) is 0 Å². The lowest BCUT2D eigenvalue weighted by Gasteiger charge is -2.20. The molecule has 5 nitrogen and oxygen atoms in total. The molecule has 0 heterocycles.